The second-order valence-electron chi connectivity index (χ2n) is 3.53. The molecule has 1 atom stereocenters. The van der Waals surface area contributed by atoms with Crippen molar-refractivity contribution in [3.8, 4) is 0 Å². The summed E-state index contributed by atoms with van der Waals surface area (Å²) in [5, 5.41) is 19.2. The number of aliphatic hydroxyl groups is 1. The van der Waals surface area contributed by atoms with E-state index in [1.165, 1.54) is 0 Å². The van der Waals surface area contributed by atoms with Crippen LogP contribution in [0.25, 0.3) is 10.9 Å². The monoisotopic (exact) mass is 217 g/mol. The van der Waals surface area contributed by atoms with Gasteiger partial charge in [-0.15, -0.1) is 0 Å². The molecular weight excluding hydrogens is 206 g/mol. The molecule has 0 unspecified atom stereocenters. The van der Waals surface area contributed by atoms with Crippen LogP contribution in [-0.4, -0.2) is 21.2 Å². The lowest BCUT2D eigenvalue weighted by atomic mass is 10.0. The molecule has 0 aliphatic rings. The number of aromatic nitrogens is 1. The Bertz CT molecular complexity index is 519. The number of para-hydroxylation sites is 1. The Balaban J connectivity index is 2.47. The van der Waals surface area contributed by atoms with Crippen LogP contribution in [0.2, 0.25) is 0 Å². The summed E-state index contributed by atoms with van der Waals surface area (Å²) in [7, 11) is 0. The summed E-state index contributed by atoms with van der Waals surface area (Å²) >= 11 is 0. The summed E-state index contributed by atoms with van der Waals surface area (Å²) in [6.07, 6.45) is 0.280. The van der Waals surface area contributed by atoms with Gasteiger partial charge in [0.2, 0.25) is 0 Å². The summed E-state index contributed by atoms with van der Waals surface area (Å²) in [4.78, 5) is 14.7. The third-order valence-corrected chi connectivity index (χ3v) is 2.41. The molecule has 2 aromatic rings. The molecule has 0 saturated heterocycles. The van der Waals surface area contributed by atoms with Crippen LogP contribution in [0.15, 0.2) is 36.5 Å². The van der Waals surface area contributed by atoms with Crippen LogP contribution in [0.4, 0.5) is 0 Å². The zero-order valence-corrected chi connectivity index (χ0v) is 8.50. The lowest BCUT2D eigenvalue weighted by Crippen LogP contribution is -2.06. The standard InChI is InChI=1S/C12H11NO3/c14-11(7-12(15)16)9-5-6-13-10-4-2-1-3-8(9)10/h1-6,11,14H,7H2,(H,15,16)/t11-/m0/s1. The van der Waals surface area contributed by atoms with Crippen LogP contribution in [-0.2, 0) is 4.79 Å². The Labute approximate surface area is 92.2 Å². The Hall–Kier alpha value is -1.94. The van der Waals surface area contributed by atoms with E-state index in [4.69, 9.17) is 5.11 Å². The van der Waals surface area contributed by atoms with Crippen molar-refractivity contribution in [2.75, 3.05) is 0 Å². The molecule has 2 N–H and O–H groups in total. The summed E-state index contributed by atoms with van der Waals surface area (Å²) in [6, 6.07) is 8.98. The summed E-state index contributed by atoms with van der Waals surface area (Å²) < 4.78 is 0. The van der Waals surface area contributed by atoms with E-state index in [2.05, 4.69) is 4.98 Å². The van der Waals surface area contributed by atoms with E-state index in [1.807, 2.05) is 24.3 Å². The summed E-state index contributed by atoms with van der Waals surface area (Å²) in [6.45, 7) is 0. The Morgan fingerprint density at radius 3 is 2.81 bits per heavy atom. The van der Waals surface area contributed by atoms with Crippen molar-refractivity contribution >= 4 is 16.9 Å². The number of carboxylic acid groups (broad SMARTS) is 1. The molecule has 82 valence electrons. The van der Waals surface area contributed by atoms with Gasteiger partial charge >= 0.3 is 5.97 Å². The molecule has 1 aromatic carbocycles. The highest BCUT2D eigenvalue weighted by Crippen LogP contribution is 2.24. The fourth-order valence-corrected chi connectivity index (χ4v) is 1.68. The summed E-state index contributed by atoms with van der Waals surface area (Å²) in [5.41, 5.74) is 1.36. The van der Waals surface area contributed by atoms with Crippen molar-refractivity contribution in [2.24, 2.45) is 0 Å². The van der Waals surface area contributed by atoms with Crippen LogP contribution in [0.5, 0.6) is 0 Å². The number of aliphatic hydroxyl groups excluding tert-OH is 1. The number of fused-ring (bicyclic) bond motifs is 1. The predicted octanol–water partition coefficient (Wildman–Crippen LogP) is 1.74. The van der Waals surface area contributed by atoms with E-state index >= 15 is 0 Å². The van der Waals surface area contributed by atoms with E-state index in [0.29, 0.717) is 5.56 Å². The first-order valence-corrected chi connectivity index (χ1v) is 4.92. The van der Waals surface area contributed by atoms with Gasteiger partial charge in [0.05, 0.1) is 18.0 Å². The number of nitrogens with zero attached hydrogens (tertiary/aromatic N) is 1. The van der Waals surface area contributed by atoms with Gasteiger partial charge in [0, 0.05) is 11.6 Å². The van der Waals surface area contributed by atoms with Crippen molar-refractivity contribution in [2.45, 2.75) is 12.5 Å². The smallest absolute Gasteiger partial charge is 0.306 e. The normalized spacial score (nSPS) is 12.6. The minimum absolute atomic E-state index is 0.298. The summed E-state index contributed by atoms with van der Waals surface area (Å²) in [5.74, 6) is -1.02. The predicted molar refractivity (Wildman–Crippen MR) is 59.0 cm³/mol. The molecule has 1 heterocycles. The Morgan fingerprint density at radius 1 is 1.31 bits per heavy atom. The Morgan fingerprint density at radius 2 is 2.06 bits per heavy atom. The molecule has 0 fully saturated rings. The zero-order chi connectivity index (χ0) is 11.5. The minimum atomic E-state index is -1.02. The van der Waals surface area contributed by atoms with Gasteiger partial charge in [-0.05, 0) is 17.7 Å². The van der Waals surface area contributed by atoms with Crippen LogP contribution >= 0.6 is 0 Å². The first kappa shape index (κ1) is 10.6. The fourth-order valence-electron chi connectivity index (χ4n) is 1.68. The van der Waals surface area contributed by atoms with Gasteiger partial charge in [-0.1, -0.05) is 18.2 Å². The molecule has 0 aliphatic heterocycles. The van der Waals surface area contributed by atoms with Gasteiger partial charge in [-0.3, -0.25) is 9.78 Å². The quantitative estimate of drug-likeness (QED) is 0.821. The topological polar surface area (TPSA) is 70.4 Å². The number of hydrogen-bond donors (Lipinski definition) is 2. The van der Waals surface area contributed by atoms with Crippen molar-refractivity contribution in [3.05, 3.63) is 42.1 Å². The first-order valence-electron chi connectivity index (χ1n) is 4.92. The van der Waals surface area contributed by atoms with Crippen LogP contribution in [0.3, 0.4) is 0 Å². The van der Waals surface area contributed by atoms with Crippen LogP contribution in [0, 0.1) is 0 Å². The highest BCUT2D eigenvalue weighted by atomic mass is 16.4. The van der Waals surface area contributed by atoms with Gasteiger partial charge in [0.15, 0.2) is 0 Å². The lowest BCUT2D eigenvalue weighted by molar-refractivity contribution is -0.139. The third-order valence-electron chi connectivity index (χ3n) is 2.41. The largest absolute Gasteiger partial charge is 0.481 e. The van der Waals surface area contributed by atoms with Crippen molar-refractivity contribution in [1.29, 1.82) is 0 Å². The molecule has 0 bridgehead atoms. The molecule has 0 amide bonds. The average molecular weight is 217 g/mol. The lowest BCUT2D eigenvalue weighted by Gasteiger charge is -2.10. The van der Waals surface area contributed by atoms with Crippen LogP contribution < -0.4 is 0 Å². The number of hydrogen-bond acceptors (Lipinski definition) is 3. The number of pyridine rings is 1. The fraction of sp³-hybridized carbons (Fsp3) is 0.167. The average Bonchev–Trinajstić information content (AvgIpc) is 2.27. The molecule has 16 heavy (non-hydrogen) atoms. The molecular formula is C12H11NO3. The Kier molecular flexibility index (Phi) is 2.83. The van der Waals surface area contributed by atoms with E-state index in [9.17, 15) is 9.90 Å². The molecule has 0 saturated carbocycles. The first-order chi connectivity index (χ1) is 7.68. The molecule has 4 heteroatoms. The van der Waals surface area contributed by atoms with Crippen molar-refractivity contribution in [1.82, 2.24) is 4.98 Å². The number of benzene rings is 1. The molecule has 2 rings (SSSR count). The minimum Gasteiger partial charge on any atom is -0.481 e. The van der Waals surface area contributed by atoms with Crippen molar-refractivity contribution in [3.63, 3.8) is 0 Å². The van der Waals surface area contributed by atoms with Gasteiger partial charge in [-0.25, -0.2) is 0 Å². The SMILES string of the molecule is O=C(O)C[C@H](O)c1ccnc2ccccc12. The maximum atomic E-state index is 10.5. The number of carbonyl (C=O) groups is 1. The zero-order valence-electron chi connectivity index (χ0n) is 8.50. The van der Waals surface area contributed by atoms with E-state index in [-0.39, 0.29) is 6.42 Å². The second kappa shape index (κ2) is 4.28. The molecule has 0 aliphatic carbocycles. The van der Waals surface area contributed by atoms with Crippen molar-refractivity contribution < 1.29 is 15.0 Å². The van der Waals surface area contributed by atoms with Crippen LogP contribution in [0.1, 0.15) is 18.1 Å². The van der Waals surface area contributed by atoms with E-state index in [1.54, 1.807) is 12.3 Å². The van der Waals surface area contributed by atoms with Gasteiger partial charge < -0.3 is 10.2 Å². The maximum Gasteiger partial charge on any atom is 0.306 e. The van der Waals surface area contributed by atoms with Gasteiger partial charge in [0.1, 0.15) is 0 Å². The third kappa shape index (κ3) is 2.01. The maximum absolute atomic E-state index is 10.5. The molecule has 0 spiro atoms. The van der Waals surface area contributed by atoms with Gasteiger partial charge in [0.25, 0.3) is 0 Å². The highest BCUT2D eigenvalue weighted by Gasteiger charge is 2.14. The molecule has 1 aromatic heterocycles. The number of aliphatic carboxylic acids is 1. The molecule has 0 radical (unpaired) electrons. The van der Waals surface area contributed by atoms with Gasteiger partial charge in [-0.2, -0.15) is 0 Å². The van der Waals surface area contributed by atoms with E-state index < -0.39 is 12.1 Å². The molecule has 4 nitrogen and oxygen atoms in total. The number of carboxylic acids is 1. The highest BCUT2D eigenvalue weighted by molar-refractivity contribution is 5.82. The van der Waals surface area contributed by atoms with E-state index in [0.717, 1.165) is 10.9 Å². The number of rotatable bonds is 3. The second-order valence-corrected chi connectivity index (χ2v) is 3.53.